The van der Waals surface area contributed by atoms with Gasteiger partial charge in [-0.1, -0.05) is 0 Å². The third kappa shape index (κ3) is 3.76. The van der Waals surface area contributed by atoms with E-state index in [1.807, 2.05) is 0 Å². The summed E-state index contributed by atoms with van der Waals surface area (Å²) in [5.74, 6) is -45.1. The second-order valence-corrected chi connectivity index (χ2v) is 7.25. The summed E-state index contributed by atoms with van der Waals surface area (Å²) in [5, 5.41) is 0. The Labute approximate surface area is 201 Å². The molecule has 0 aliphatic carbocycles. The third-order valence-corrected chi connectivity index (χ3v) is 5.46. The molecule has 0 amide bonds. The van der Waals surface area contributed by atoms with Gasteiger partial charge >= 0.3 is 18.9 Å². The largest absolute Gasteiger partial charge is 1.00 e. The van der Waals surface area contributed by atoms with Crippen LogP contribution in [0.2, 0.25) is 6.82 Å². The summed E-state index contributed by atoms with van der Waals surface area (Å²) in [4.78, 5) is 0. The molecule has 0 heterocycles. The standard InChI is InChI=1S/C19H3BF15.Li/c1-20(2-5(21)11(27)17(33)12(28)6(2)22,3-7(23)13(29)18(34)14(30)8(3)24)4-9(25)15(31)19(35)16(32)10(4)26;/h1H3;/q-1;+1. The van der Waals surface area contributed by atoms with Crippen molar-refractivity contribution >= 4 is 22.5 Å². The van der Waals surface area contributed by atoms with Crippen LogP contribution in [-0.4, -0.2) is 6.15 Å². The minimum Gasteiger partial charge on any atom is -0.207 e. The van der Waals surface area contributed by atoms with Gasteiger partial charge in [-0.15, -0.1) is 16.4 Å². The van der Waals surface area contributed by atoms with Crippen LogP contribution in [-0.2, 0) is 0 Å². The monoisotopic (exact) mass is 534 g/mol. The average Bonchev–Trinajstić information content (AvgIpc) is 2.81. The second-order valence-electron chi connectivity index (χ2n) is 7.25. The van der Waals surface area contributed by atoms with Gasteiger partial charge in [0.25, 0.3) is 0 Å². The molecular formula is C19H3BF15Li. The Morgan fingerprint density at radius 1 is 0.278 bits per heavy atom. The minimum absolute atomic E-state index is 0. The van der Waals surface area contributed by atoms with Crippen molar-refractivity contribution in [3.63, 3.8) is 0 Å². The Hall–Kier alpha value is -2.73. The first-order valence-electron chi connectivity index (χ1n) is 8.78. The quantitative estimate of drug-likeness (QED) is 0.209. The van der Waals surface area contributed by atoms with Gasteiger partial charge in [0, 0.05) is 0 Å². The maximum Gasteiger partial charge on any atom is 1.00 e. The van der Waals surface area contributed by atoms with Gasteiger partial charge in [0.2, 0.25) is 0 Å². The molecule has 0 aliphatic heterocycles. The molecule has 36 heavy (non-hydrogen) atoms. The Kier molecular flexibility index (Phi) is 7.89. The SMILES string of the molecule is C[B-](c1c(F)c(F)c(F)c(F)c1F)(c1c(F)c(F)c(F)c(F)c1F)c1c(F)c(F)c(F)c(F)c1F.[Li+]. The molecule has 0 radical (unpaired) electrons. The summed E-state index contributed by atoms with van der Waals surface area (Å²) in [6.07, 6.45) is -5.41. The fourth-order valence-electron chi connectivity index (χ4n) is 3.82. The van der Waals surface area contributed by atoms with Crippen molar-refractivity contribution in [3.8, 4) is 0 Å². The van der Waals surface area contributed by atoms with Crippen LogP contribution in [0.25, 0.3) is 0 Å². The van der Waals surface area contributed by atoms with E-state index in [-0.39, 0.29) is 25.7 Å². The molecule has 0 spiro atoms. The van der Waals surface area contributed by atoms with E-state index in [0.29, 0.717) is 0 Å². The maximum absolute atomic E-state index is 14.6. The molecule has 0 fully saturated rings. The van der Waals surface area contributed by atoms with E-state index in [0.717, 1.165) is 0 Å². The predicted molar refractivity (Wildman–Crippen MR) is 89.2 cm³/mol. The maximum atomic E-state index is 14.6. The van der Waals surface area contributed by atoms with Crippen molar-refractivity contribution in [1.82, 2.24) is 0 Å². The molecule has 0 atom stereocenters. The Bertz CT molecular complexity index is 1170. The van der Waals surface area contributed by atoms with Gasteiger partial charge in [0.15, 0.2) is 52.4 Å². The molecule has 0 N–H and O–H groups in total. The summed E-state index contributed by atoms with van der Waals surface area (Å²) < 4.78 is 212. The molecule has 188 valence electrons. The van der Waals surface area contributed by atoms with E-state index in [1.165, 1.54) is 0 Å². The summed E-state index contributed by atoms with van der Waals surface area (Å²) >= 11 is 0. The summed E-state index contributed by atoms with van der Waals surface area (Å²) in [6.45, 7) is -0.213. The Morgan fingerprint density at radius 3 is 0.528 bits per heavy atom. The van der Waals surface area contributed by atoms with Crippen LogP contribution >= 0.6 is 0 Å². The van der Waals surface area contributed by atoms with Crippen LogP contribution in [0, 0.1) is 87.3 Å². The molecule has 0 bridgehead atoms. The van der Waals surface area contributed by atoms with E-state index >= 15 is 0 Å². The van der Waals surface area contributed by atoms with Crippen LogP contribution in [0.5, 0.6) is 0 Å². The van der Waals surface area contributed by atoms with Crippen LogP contribution < -0.4 is 35.2 Å². The van der Waals surface area contributed by atoms with Gasteiger partial charge < -0.3 is 0 Å². The smallest absolute Gasteiger partial charge is 0.207 e. The van der Waals surface area contributed by atoms with Crippen LogP contribution in [0.1, 0.15) is 0 Å². The van der Waals surface area contributed by atoms with Crippen LogP contribution in [0.4, 0.5) is 65.9 Å². The molecule has 0 nitrogen and oxygen atoms in total. The van der Waals surface area contributed by atoms with E-state index in [9.17, 15) is 65.9 Å². The first-order chi connectivity index (χ1) is 16.0. The normalized spacial score (nSPS) is 11.7. The molecule has 0 saturated heterocycles. The summed E-state index contributed by atoms with van der Waals surface area (Å²) in [5.41, 5.74) is -7.89. The number of hydrogen-bond donors (Lipinski definition) is 0. The first-order valence-corrected chi connectivity index (χ1v) is 8.78. The van der Waals surface area contributed by atoms with Crippen molar-refractivity contribution in [2.24, 2.45) is 0 Å². The molecule has 0 aliphatic rings. The van der Waals surface area contributed by atoms with E-state index in [1.54, 1.807) is 0 Å². The molecule has 0 unspecified atom stereocenters. The van der Waals surface area contributed by atoms with Gasteiger partial charge in [-0.3, -0.25) is 0 Å². The van der Waals surface area contributed by atoms with Gasteiger partial charge in [0.05, 0.1) is 0 Å². The minimum atomic E-state index is -5.41. The summed E-state index contributed by atoms with van der Waals surface area (Å²) in [7, 11) is 0. The number of benzene rings is 3. The molecular weight excluding hydrogens is 531 g/mol. The number of halogens is 15. The molecule has 3 aromatic carbocycles. The van der Waals surface area contributed by atoms with Crippen molar-refractivity contribution < 1.29 is 84.7 Å². The fourth-order valence-corrected chi connectivity index (χ4v) is 3.82. The molecule has 0 aromatic heterocycles. The number of rotatable bonds is 3. The van der Waals surface area contributed by atoms with Gasteiger partial charge in [-0.25, -0.2) is 65.9 Å². The van der Waals surface area contributed by atoms with Crippen molar-refractivity contribution in [2.45, 2.75) is 6.82 Å². The van der Waals surface area contributed by atoms with Crippen LogP contribution in [0.15, 0.2) is 0 Å². The Morgan fingerprint density at radius 2 is 0.389 bits per heavy atom. The van der Waals surface area contributed by atoms with Gasteiger partial charge in [-0.2, -0.15) is 6.82 Å². The average molecular weight is 534 g/mol. The second kappa shape index (κ2) is 9.62. The molecule has 3 rings (SSSR count). The van der Waals surface area contributed by atoms with Crippen molar-refractivity contribution in [2.75, 3.05) is 0 Å². The van der Waals surface area contributed by atoms with E-state index < -0.39 is 110 Å². The molecule has 17 heteroatoms. The molecule has 3 aromatic rings. The topological polar surface area (TPSA) is 0 Å². The van der Waals surface area contributed by atoms with Crippen molar-refractivity contribution in [3.05, 3.63) is 87.3 Å². The van der Waals surface area contributed by atoms with E-state index in [4.69, 9.17) is 0 Å². The van der Waals surface area contributed by atoms with Crippen molar-refractivity contribution in [1.29, 1.82) is 0 Å². The van der Waals surface area contributed by atoms with Gasteiger partial charge in [0.1, 0.15) is 41.0 Å². The predicted octanol–water partition coefficient (Wildman–Crippen LogP) is 1.88. The van der Waals surface area contributed by atoms with E-state index in [2.05, 4.69) is 0 Å². The third-order valence-electron chi connectivity index (χ3n) is 5.46. The van der Waals surface area contributed by atoms with Crippen LogP contribution in [0.3, 0.4) is 0 Å². The van der Waals surface area contributed by atoms with Gasteiger partial charge in [-0.05, 0) is 0 Å². The Balaban J connectivity index is 0.00000456. The summed E-state index contributed by atoms with van der Waals surface area (Å²) in [6, 6.07) is 0. The fraction of sp³-hybridized carbons (Fsp3) is 0.0526. The number of hydrogen-bond acceptors (Lipinski definition) is 0. The zero-order valence-corrected chi connectivity index (χ0v) is 17.2. The zero-order valence-electron chi connectivity index (χ0n) is 17.2. The molecule has 0 saturated carbocycles. The zero-order chi connectivity index (χ0) is 26.9. The first kappa shape index (κ1) is 29.5.